The van der Waals surface area contributed by atoms with Crippen LogP contribution in [0.1, 0.15) is 24.1 Å². The summed E-state index contributed by atoms with van der Waals surface area (Å²) < 4.78 is 0. The molecule has 1 aromatic heterocycles. The second-order valence-corrected chi connectivity index (χ2v) is 5.37. The van der Waals surface area contributed by atoms with E-state index in [1.54, 1.807) is 11.3 Å². The average Bonchev–Trinajstić information content (AvgIpc) is 2.91. The van der Waals surface area contributed by atoms with Crippen molar-refractivity contribution in [2.24, 2.45) is 0 Å². The minimum Gasteiger partial charge on any atom is -0.370 e. The van der Waals surface area contributed by atoms with E-state index in [1.807, 2.05) is 7.05 Å². The van der Waals surface area contributed by atoms with Crippen LogP contribution in [0.4, 0.5) is 5.69 Å². The van der Waals surface area contributed by atoms with Crippen molar-refractivity contribution in [1.82, 2.24) is 5.32 Å². The van der Waals surface area contributed by atoms with Gasteiger partial charge in [-0.2, -0.15) is 11.3 Å². The van der Waals surface area contributed by atoms with Gasteiger partial charge in [-0.25, -0.2) is 0 Å². The van der Waals surface area contributed by atoms with Gasteiger partial charge in [0.25, 0.3) is 0 Å². The van der Waals surface area contributed by atoms with E-state index in [4.69, 9.17) is 0 Å². The predicted molar refractivity (Wildman–Crippen MR) is 80.3 cm³/mol. The van der Waals surface area contributed by atoms with Gasteiger partial charge >= 0.3 is 0 Å². The Bertz CT molecular complexity index is 462. The molecule has 0 spiro atoms. The molecule has 0 aliphatic carbocycles. The number of benzene rings is 1. The molecule has 1 unspecified atom stereocenters. The fourth-order valence-electron chi connectivity index (χ4n) is 1.93. The molecule has 0 bridgehead atoms. The molecule has 2 rings (SSSR count). The van der Waals surface area contributed by atoms with Crippen LogP contribution in [0.2, 0.25) is 0 Å². The van der Waals surface area contributed by atoms with Gasteiger partial charge in [0.15, 0.2) is 0 Å². The number of thiophene rings is 1. The lowest BCUT2D eigenvalue weighted by Gasteiger charge is -2.20. The van der Waals surface area contributed by atoms with Gasteiger partial charge in [-0.05, 0) is 54.1 Å². The van der Waals surface area contributed by atoms with E-state index < -0.39 is 0 Å². The van der Waals surface area contributed by atoms with E-state index >= 15 is 0 Å². The predicted octanol–water partition coefficient (Wildman–Crippen LogP) is 3.66. The molecule has 96 valence electrons. The Morgan fingerprint density at radius 3 is 2.50 bits per heavy atom. The maximum atomic E-state index is 3.25. The lowest BCUT2D eigenvalue weighted by Crippen LogP contribution is -2.16. The van der Waals surface area contributed by atoms with Crippen molar-refractivity contribution >= 4 is 17.0 Å². The summed E-state index contributed by atoms with van der Waals surface area (Å²) in [6, 6.07) is 11.4. The summed E-state index contributed by atoms with van der Waals surface area (Å²) in [5.41, 5.74) is 3.95. The van der Waals surface area contributed by atoms with E-state index in [9.17, 15) is 0 Å². The van der Waals surface area contributed by atoms with Gasteiger partial charge in [-0.1, -0.05) is 12.1 Å². The van der Waals surface area contributed by atoms with Gasteiger partial charge in [-0.15, -0.1) is 0 Å². The molecule has 2 aromatic rings. The summed E-state index contributed by atoms with van der Waals surface area (Å²) in [5.74, 6) is 0. The number of rotatable bonds is 5. The molecule has 1 N–H and O–H groups in total. The molecule has 1 atom stereocenters. The lowest BCUT2D eigenvalue weighted by molar-refractivity contribution is 0.652. The van der Waals surface area contributed by atoms with Gasteiger partial charge in [0.1, 0.15) is 0 Å². The molecule has 18 heavy (non-hydrogen) atoms. The molecular weight excluding hydrogens is 240 g/mol. The van der Waals surface area contributed by atoms with Crippen LogP contribution in [0.25, 0.3) is 0 Å². The van der Waals surface area contributed by atoms with Crippen molar-refractivity contribution < 1.29 is 0 Å². The number of hydrogen-bond acceptors (Lipinski definition) is 3. The van der Waals surface area contributed by atoms with Crippen molar-refractivity contribution in [3.8, 4) is 0 Å². The molecular formula is C15H20N2S. The van der Waals surface area contributed by atoms with Crippen LogP contribution >= 0.6 is 11.3 Å². The zero-order chi connectivity index (χ0) is 13.0. The average molecular weight is 260 g/mol. The molecule has 3 heteroatoms. The Balaban J connectivity index is 2.04. The molecule has 0 aliphatic heterocycles. The highest BCUT2D eigenvalue weighted by Crippen LogP contribution is 2.20. The third kappa shape index (κ3) is 3.12. The van der Waals surface area contributed by atoms with Gasteiger partial charge in [0.2, 0.25) is 0 Å². The topological polar surface area (TPSA) is 15.3 Å². The minimum atomic E-state index is 0.404. The first-order chi connectivity index (χ1) is 8.70. The van der Waals surface area contributed by atoms with Crippen LogP contribution in [0.3, 0.4) is 0 Å². The highest BCUT2D eigenvalue weighted by Gasteiger charge is 2.05. The minimum absolute atomic E-state index is 0.404. The Morgan fingerprint density at radius 1 is 1.22 bits per heavy atom. The molecule has 0 aliphatic rings. The molecule has 0 amide bonds. The number of nitrogens with zero attached hydrogens (tertiary/aromatic N) is 1. The first kappa shape index (κ1) is 13.1. The van der Waals surface area contributed by atoms with Crippen molar-refractivity contribution in [3.63, 3.8) is 0 Å². The van der Waals surface area contributed by atoms with E-state index in [0.717, 1.165) is 6.54 Å². The highest BCUT2D eigenvalue weighted by atomic mass is 32.1. The zero-order valence-electron chi connectivity index (χ0n) is 11.2. The smallest absolute Gasteiger partial charge is 0.0434 e. The first-order valence-corrected chi connectivity index (χ1v) is 7.14. The Labute approximate surface area is 113 Å². The van der Waals surface area contributed by atoms with Crippen LogP contribution in [-0.4, -0.2) is 14.1 Å². The number of nitrogens with one attached hydrogen (secondary N) is 1. The van der Waals surface area contributed by atoms with E-state index in [1.165, 1.54) is 16.8 Å². The Hall–Kier alpha value is -1.32. The second kappa shape index (κ2) is 6.03. The maximum Gasteiger partial charge on any atom is 0.0434 e. The first-order valence-electron chi connectivity index (χ1n) is 6.20. The number of anilines is 1. The largest absolute Gasteiger partial charge is 0.370 e. The van der Waals surface area contributed by atoms with E-state index in [2.05, 4.69) is 65.3 Å². The third-order valence-electron chi connectivity index (χ3n) is 3.27. The molecule has 0 saturated heterocycles. The highest BCUT2D eigenvalue weighted by molar-refractivity contribution is 7.07. The van der Waals surface area contributed by atoms with Gasteiger partial charge in [0, 0.05) is 25.3 Å². The summed E-state index contributed by atoms with van der Waals surface area (Å²) in [7, 11) is 4.12. The molecule has 1 heterocycles. The van der Waals surface area contributed by atoms with Crippen molar-refractivity contribution in [1.29, 1.82) is 0 Å². The third-order valence-corrected chi connectivity index (χ3v) is 4.00. The summed E-state index contributed by atoms with van der Waals surface area (Å²) in [6.07, 6.45) is 0. The summed E-state index contributed by atoms with van der Waals surface area (Å²) in [4.78, 5) is 2.27. The zero-order valence-corrected chi connectivity index (χ0v) is 12.0. The molecule has 0 radical (unpaired) electrons. The maximum absolute atomic E-state index is 3.25. The van der Waals surface area contributed by atoms with Crippen molar-refractivity contribution in [2.75, 3.05) is 19.0 Å². The van der Waals surface area contributed by atoms with Crippen LogP contribution in [0.5, 0.6) is 0 Å². The van der Waals surface area contributed by atoms with Gasteiger partial charge in [-0.3, -0.25) is 0 Å². The fourth-order valence-corrected chi connectivity index (χ4v) is 2.59. The fraction of sp³-hybridized carbons (Fsp3) is 0.333. The normalized spacial score (nSPS) is 12.4. The van der Waals surface area contributed by atoms with Crippen molar-refractivity contribution in [3.05, 3.63) is 52.2 Å². The summed E-state index contributed by atoms with van der Waals surface area (Å²) in [6.45, 7) is 3.13. The van der Waals surface area contributed by atoms with Crippen LogP contribution < -0.4 is 10.2 Å². The monoisotopic (exact) mass is 260 g/mol. The standard InChI is InChI=1S/C15H20N2S/c1-12(16-2)14-4-6-15(7-5-14)17(3)10-13-8-9-18-11-13/h4-9,11-12,16H,10H2,1-3H3. The molecule has 0 fully saturated rings. The van der Waals surface area contributed by atoms with E-state index in [0.29, 0.717) is 6.04 Å². The van der Waals surface area contributed by atoms with Crippen LogP contribution in [-0.2, 0) is 6.54 Å². The van der Waals surface area contributed by atoms with Crippen molar-refractivity contribution in [2.45, 2.75) is 19.5 Å². The van der Waals surface area contributed by atoms with Gasteiger partial charge < -0.3 is 10.2 Å². The summed E-state index contributed by atoms with van der Waals surface area (Å²) >= 11 is 1.75. The second-order valence-electron chi connectivity index (χ2n) is 4.59. The van der Waals surface area contributed by atoms with E-state index in [-0.39, 0.29) is 0 Å². The Morgan fingerprint density at radius 2 is 1.94 bits per heavy atom. The van der Waals surface area contributed by atoms with Crippen LogP contribution in [0, 0.1) is 0 Å². The Kier molecular flexibility index (Phi) is 4.39. The van der Waals surface area contributed by atoms with Crippen LogP contribution in [0.15, 0.2) is 41.1 Å². The number of hydrogen-bond donors (Lipinski definition) is 1. The van der Waals surface area contributed by atoms with Gasteiger partial charge in [0.05, 0.1) is 0 Å². The SMILES string of the molecule is CNC(C)c1ccc(N(C)Cc2ccsc2)cc1. The quantitative estimate of drug-likeness (QED) is 0.882. The summed E-state index contributed by atoms with van der Waals surface area (Å²) in [5, 5.41) is 7.58. The molecule has 1 aromatic carbocycles. The molecule has 2 nitrogen and oxygen atoms in total. The lowest BCUT2D eigenvalue weighted by atomic mass is 10.1. The molecule has 0 saturated carbocycles.